The number of ether oxygens (including phenoxy) is 1. The van der Waals surface area contributed by atoms with Crippen LogP contribution < -0.4 is 4.74 Å². The normalized spacial score (nSPS) is 11.9. The van der Waals surface area contributed by atoms with Crippen LogP contribution in [-0.4, -0.2) is 42.2 Å². The van der Waals surface area contributed by atoms with Crippen LogP contribution in [0.25, 0.3) is 11.0 Å². The van der Waals surface area contributed by atoms with E-state index in [2.05, 4.69) is 4.98 Å². The number of nitrogens with zero attached hydrogens (tertiary/aromatic N) is 3. The number of carbonyl (C=O) groups excluding carboxylic acids is 1. The van der Waals surface area contributed by atoms with Gasteiger partial charge in [0.05, 0.1) is 15.9 Å². The van der Waals surface area contributed by atoms with Gasteiger partial charge in [-0.3, -0.25) is 4.79 Å². The molecule has 0 aliphatic heterocycles. The minimum atomic E-state index is -3.52. The Balaban J connectivity index is 1.86. The summed E-state index contributed by atoms with van der Waals surface area (Å²) >= 11 is 0. The summed E-state index contributed by atoms with van der Waals surface area (Å²) in [5, 5.41) is 0. The van der Waals surface area contributed by atoms with Crippen molar-refractivity contribution in [1.29, 1.82) is 0 Å². The SMILES string of the molecule is CCC(=O)c1ccc(OCc2nc3cc(S(=O)(=O)N(C)C)ccc3n2CC)cc1. The molecule has 1 heterocycles. The second kappa shape index (κ2) is 8.34. The van der Waals surface area contributed by atoms with E-state index in [1.54, 1.807) is 42.5 Å². The number of imidazole rings is 1. The molecule has 3 aromatic rings. The third-order valence-corrected chi connectivity index (χ3v) is 6.57. The lowest BCUT2D eigenvalue weighted by Crippen LogP contribution is -2.22. The summed E-state index contributed by atoms with van der Waals surface area (Å²) in [5.74, 6) is 1.44. The molecule has 0 bridgehead atoms. The number of fused-ring (bicyclic) bond motifs is 1. The topological polar surface area (TPSA) is 81.5 Å². The Morgan fingerprint density at radius 3 is 2.38 bits per heavy atom. The third kappa shape index (κ3) is 4.18. The number of ketones is 1. The van der Waals surface area contributed by atoms with Gasteiger partial charge in [0.25, 0.3) is 0 Å². The first-order valence-corrected chi connectivity index (χ1v) is 10.9. The van der Waals surface area contributed by atoms with Crippen molar-refractivity contribution in [3.63, 3.8) is 0 Å². The van der Waals surface area contributed by atoms with E-state index in [0.717, 1.165) is 5.52 Å². The zero-order chi connectivity index (χ0) is 21.2. The minimum Gasteiger partial charge on any atom is -0.486 e. The predicted octanol–water partition coefficient (Wildman–Crippen LogP) is 3.48. The average molecular weight is 416 g/mol. The molecular weight excluding hydrogens is 390 g/mol. The number of benzene rings is 2. The lowest BCUT2D eigenvalue weighted by atomic mass is 10.1. The molecule has 154 valence electrons. The molecule has 0 aliphatic rings. The van der Waals surface area contributed by atoms with Gasteiger partial charge in [-0.15, -0.1) is 0 Å². The Kier molecular flexibility index (Phi) is 6.04. The fourth-order valence-corrected chi connectivity index (χ4v) is 4.01. The van der Waals surface area contributed by atoms with Gasteiger partial charge in [0, 0.05) is 32.6 Å². The summed E-state index contributed by atoms with van der Waals surface area (Å²) in [6.45, 7) is 4.75. The van der Waals surface area contributed by atoms with Crippen molar-refractivity contribution in [3.8, 4) is 5.75 Å². The van der Waals surface area contributed by atoms with Crippen LogP contribution in [0.3, 0.4) is 0 Å². The van der Waals surface area contributed by atoms with Crippen molar-refractivity contribution in [3.05, 3.63) is 53.9 Å². The highest BCUT2D eigenvalue weighted by atomic mass is 32.2. The molecule has 0 saturated heterocycles. The van der Waals surface area contributed by atoms with Gasteiger partial charge in [0.15, 0.2) is 5.78 Å². The number of sulfonamides is 1. The predicted molar refractivity (Wildman–Crippen MR) is 112 cm³/mol. The third-order valence-electron chi connectivity index (χ3n) is 4.76. The van der Waals surface area contributed by atoms with E-state index in [9.17, 15) is 13.2 Å². The molecule has 7 nitrogen and oxygen atoms in total. The van der Waals surface area contributed by atoms with Crippen molar-refractivity contribution in [2.45, 2.75) is 38.3 Å². The minimum absolute atomic E-state index is 0.0906. The van der Waals surface area contributed by atoms with E-state index in [1.807, 2.05) is 18.4 Å². The fraction of sp³-hybridized carbons (Fsp3) is 0.333. The second-order valence-electron chi connectivity index (χ2n) is 6.80. The highest BCUT2D eigenvalue weighted by Gasteiger charge is 2.19. The van der Waals surface area contributed by atoms with E-state index >= 15 is 0 Å². The zero-order valence-electron chi connectivity index (χ0n) is 17.0. The van der Waals surface area contributed by atoms with Gasteiger partial charge < -0.3 is 9.30 Å². The standard InChI is InChI=1S/C21H25N3O4S/c1-5-20(25)15-7-9-16(10-8-15)28-14-21-22-18-13-17(29(26,27)23(3)4)11-12-19(18)24(21)6-2/h7-13H,5-6,14H2,1-4H3. The van der Waals surface area contributed by atoms with E-state index in [4.69, 9.17) is 4.74 Å². The lowest BCUT2D eigenvalue weighted by molar-refractivity contribution is 0.0988. The number of carbonyl (C=O) groups is 1. The molecule has 0 atom stereocenters. The van der Waals surface area contributed by atoms with Crippen LogP contribution in [0, 0.1) is 0 Å². The maximum atomic E-state index is 12.4. The van der Waals surface area contributed by atoms with Crippen molar-refractivity contribution < 1.29 is 17.9 Å². The quantitative estimate of drug-likeness (QED) is 0.526. The van der Waals surface area contributed by atoms with Gasteiger partial charge in [-0.05, 0) is 49.4 Å². The molecule has 2 aromatic carbocycles. The maximum Gasteiger partial charge on any atom is 0.242 e. The molecular formula is C21H25N3O4S. The van der Waals surface area contributed by atoms with Gasteiger partial charge in [0.1, 0.15) is 18.2 Å². The Morgan fingerprint density at radius 1 is 1.10 bits per heavy atom. The Labute approximate surface area is 171 Å². The number of Topliss-reactive ketones (excluding diaryl/α,β-unsaturated/α-hetero) is 1. The second-order valence-corrected chi connectivity index (χ2v) is 8.95. The summed E-state index contributed by atoms with van der Waals surface area (Å²) < 4.78 is 33.8. The number of aromatic nitrogens is 2. The highest BCUT2D eigenvalue weighted by molar-refractivity contribution is 7.89. The smallest absolute Gasteiger partial charge is 0.242 e. The van der Waals surface area contributed by atoms with Crippen LogP contribution in [0.1, 0.15) is 36.5 Å². The van der Waals surface area contributed by atoms with Crippen molar-refractivity contribution in [2.75, 3.05) is 14.1 Å². The molecule has 0 unspecified atom stereocenters. The summed E-state index contributed by atoms with van der Waals surface area (Å²) in [5.41, 5.74) is 2.13. The van der Waals surface area contributed by atoms with E-state index in [1.165, 1.54) is 18.4 Å². The van der Waals surface area contributed by atoms with E-state index in [0.29, 0.717) is 35.6 Å². The van der Waals surface area contributed by atoms with E-state index in [-0.39, 0.29) is 17.3 Å². The Morgan fingerprint density at radius 2 is 1.79 bits per heavy atom. The van der Waals surface area contributed by atoms with Gasteiger partial charge in [0.2, 0.25) is 10.0 Å². The van der Waals surface area contributed by atoms with Crippen molar-refractivity contribution >= 4 is 26.8 Å². The van der Waals surface area contributed by atoms with Gasteiger partial charge >= 0.3 is 0 Å². The molecule has 3 rings (SSSR count). The highest BCUT2D eigenvalue weighted by Crippen LogP contribution is 2.23. The van der Waals surface area contributed by atoms with Crippen LogP contribution in [0.5, 0.6) is 5.75 Å². The molecule has 0 fully saturated rings. The van der Waals surface area contributed by atoms with Crippen LogP contribution >= 0.6 is 0 Å². The van der Waals surface area contributed by atoms with Crippen LogP contribution in [0.4, 0.5) is 0 Å². The van der Waals surface area contributed by atoms with Crippen LogP contribution in [0.2, 0.25) is 0 Å². The maximum absolute atomic E-state index is 12.4. The largest absolute Gasteiger partial charge is 0.486 e. The molecule has 8 heteroatoms. The molecule has 0 radical (unpaired) electrons. The number of rotatable bonds is 8. The monoisotopic (exact) mass is 415 g/mol. The number of aryl methyl sites for hydroxylation is 1. The summed E-state index contributed by atoms with van der Waals surface area (Å²) in [4.78, 5) is 16.5. The van der Waals surface area contributed by atoms with Crippen molar-refractivity contribution in [2.24, 2.45) is 0 Å². The van der Waals surface area contributed by atoms with Crippen LogP contribution in [-0.2, 0) is 23.2 Å². The molecule has 0 saturated carbocycles. The molecule has 29 heavy (non-hydrogen) atoms. The van der Waals surface area contributed by atoms with Crippen LogP contribution in [0.15, 0.2) is 47.4 Å². The molecule has 0 amide bonds. The molecule has 1 aromatic heterocycles. The number of hydrogen-bond donors (Lipinski definition) is 0. The first-order chi connectivity index (χ1) is 13.8. The Bertz CT molecular complexity index is 1130. The molecule has 0 spiro atoms. The molecule has 0 aliphatic carbocycles. The van der Waals surface area contributed by atoms with Gasteiger partial charge in [-0.2, -0.15) is 0 Å². The Hall–Kier alpha value is -2.71. The zero-order valence-corrected chi connectivity index (χ0v) is 17.9. The summed E-state index contributed by atoms with van der Waals surface area (Å²) in [6.07, 6.45) is 0.465. The van der Waals surface area contributed by atoms with Gasteiger partial charge in [-0.1, -0.05) is 6.92 Å². The van der Waals surface area contributed by atoms with Gasteiger partial charge in [-0.25, -0.2) is 17.7 Å². The van der Waals surface area contributed by atoms with E-state index < -0.39 is 10.0 Å². The summed E-state index contributed by atoms with van der Waals surface area (Å²) in [7, 11) is -0.517. The summed E-state index contributed by atoms with van der Waals surface area (Å²) in [6, 6.07) is 12.0. The number of hydrogen-bond acceptors (Lipinski definition) is 5. The first kappa shape index (κ1) is 21.0. The fourth-order valence-electron chi connectivity index (χ4n) is 3.08. The van der Waals surface area contributed by atoms with Crippen molar-refractivity contribution in [1.82, 2.24) is 13.9 Å². The average Bonchev–Trinajstić information content (AvgIpc) is 3.08. The molecule has 0 N–H and O–H groups in total. The first-order valence-electron chi connectivity index (χ1n) is 9.45. The lowest BCUT2D eigenvalue weighted by Gasteiger charge is -2.11.